The van der Waals surface area contributed by atoms with Crippen LogP contribution in [0.1, 0.15) is 44.2 Å². The van der Waals surface area contributed by atoms with Crippen molar-refractivity contribution in [1.82, 2.24) is 24.6 Å². The van der Waals surface area contributed by atoms with Crippen LogP contribution in [0.25, 0.3) is 22.2 Å². The smallest absolute Gasteiger partial charge is 0.165 e. The van der Waals surface area contributed by atoms with Gasteiger partial charge in [0.25, 0.3) is 0 Å². The Labute approximate surface area is 236 Å². The van der Waals surface area contributed by atoms with E-state index in [0.29, 0.717) is 5.75 Å². The minimum absolute atomic E-state index is 0.0151. The van der Waals surface area contributed by atoms with Gasteiger partial charge in [0.1, 0.15) is 11.5 Å². The molecule has 2 fully saturated rings. The van der Waals surface area contributed by atoms with Crippen LogP contribution in [0.4, 0.5) is 10.2 Å². The third kappa shape index (κ3) is 5.83. The zero-order valence-electron chi connectivity index (χ0n) is 23.5. The number of nitrogens with one attached hydrogen (secondary N) is 1. The van der Waals surface area contributed by atoms with Gasteiger partial charge in [0.15, 0.2) is 11.6 Å². The molecule has 2 aromatic carbocycles. The predicted molar refractivity (Wildman–Crippen MR) is 158 cm³/mol. The van der Waals surface area contributed by atoms with Crippen LogP contribution in [0.15, 0.2) is 60.8 Å². The lowest BCUT2D eigenvalue weighted by molar-refractivity contribution is 0.126. The number of hydrogen-bond acceptors (Lipinski definition) is 6. The second-order valence-electron chi connectivity index (χ2n) is 11.2. The maximum absolute atomic E-state index is 14.1. The van der Waals surface area contributed by atoms with Crippen molar-refractivity contribution in [2.75, 3.05) is 45.1 Å². The number of aromatic nitrogens is 3. The van der Waals surface area contributed by atoms with Gasteiger partial charge in [0.05, 0.1) is 17.7 Å². The molecule has 0 bridgehead atoms. The number of ether oxygens (including phenoxy) is 1. The van der Waals surface area contributed by atoms with Crippen molar-refractivity contribution in [1.29, 1.82) is 0 Å². The number of likely N-dealkylation sites (N-methyl/N-ethyl adjacent to an activating group) is 1. The van der Waals surface area contributed by atoms with Crippen molar-refractivity contribution >= 4 is 16.7 Å². The molecule has 8 heteroatoms. The maximum atomic E-state index is 14.1. The van der Waals surface area contributed by atoms with Crippen molar-refractivity contribution in [3.63, 3.8) is 0 Å². The fourth-order valence-corrected chi connectivity index (χ4v) is 5.96. The van der Waals surface area contributed by atoms with Crippen molar-refractivity contribution in [3.05, 3.63) is 72.2 Å². The van der Waals surface area contributed by atoms with Crippen LogP contribution >= 0.6 is 0 Å². The Hall–Kier alpha value is -3.49. The number of piperazine rings is 1. The number of hydrogen-bond donors (Lipinski definition) is 1. The quantitative estimate of drug-likeness (QED) is 0.296. The third-order valence-electron chi connectivity index (χ3n) is 8.30. The molecule has 0 atom stereocenters. The van der Waals surface area contributed by atoms with Crippen LogP contribution in [0.2, 0.25) is 0 Å². The molecular formula is C32H39FN6O. The fraction of sp³-hybridized carbons (Fsp3) is 0.438. The normalized spacial score (nSPS) is 20.6. The Balaban J connectivity index is 1.22. The average Bonchev–Trinajstić information content (AvgIpc) is 3.35. The summed E-state index contributed by atoms with van der Waals surface area (Å²) >= 11 is 0. The lowest BCUT2D eigenvalue weighted by atomic mass is 9.93. The molecule has 6 rings (SSSR count). The van der Waals surface area contributed by atoms with Gasteiger partial charge in [-0.25, -0.2) is 9.37 Å². The van der Waals surface area contributed by atoms with Gasteiger partial charge in [0.2, 0.25) is 0 Å². The molecule has 1 aliphatic heterocycles. The molecule has 0 unspecified atom stereocenters. The highest BCUT2D eigenvalue weighted by molar-refractivity contribution is 5.94. The van der Waals surface area contributed by atoms with E-state index in [9.17, 15) is 4.39 Å². The average molecular weight is 543 g/mol. The second-order valence-corrected chi connectivity index (χ2v) is 11.2. The standard InChI is InChI=1S/C32H39FN6O/c1-3-34-31-20-29-27(21-35-31)32(24-10-8-23(9-11-24)22-38-18-16-37(2)17-19-38)36-39(29)25-12-14-26(15-13-25)40-30-7-5-4-6-28(30)33/h4-11,20-21,25-26H,3,12-19,22H2,1-2H3,(H,34,35). The zero-order valence-corrected chi connectivity index (χ0v) is 23.5. The molecule has 1 N–H and O–H groups in total. The Morgan fingerprint density at radius 2 is 1.73 bits per heavy atom. The predicted octanol–water partition coefficient (Wildman–Crippen LogP) is 5.98. The summed E-state index contributed by atoms with van der Waals surface area (Å²) in [5.74, 6) is 0.905. The topological polar surface area (TPSA) is 58.5 Å². The van der Waals surface area contributed by atoms with Crippen molar-refractivity contribution in [2.45, 2.75) is 51.3 Å². The first-order chi connectivity index (χ1) is 19.6. The highest BCUT2D eigenvalue weighted by atomic mass is 19.1. The first-order valence-corrected chi connectivity index (χ1v) is 14.6. The van der Waals surface area contributed by atoms with Crippen LogP contribution < -0.4 is 10.1 Å². The van der Waals surface area contributed by atoms with E-state index in [1.54, 1.807) is 12.1 Å². The lowest BCUT2D eigenvalue weighted by Crippen LogP contribution is -2.43. The fourth-order valence-electron chi connectivity index (χ4n) is 5.96. The van der Waals surface area contributed by atoms with E-state index in [1.165, 1.54) is 11.6 Å². The molecular weight excluding hydrogens is 503 g/mol. The van der Waals surface area contributed by atoms with Crippen LogP contribution in [0, 0.1) is 5.82 Å². The molecule has 210 valence electrons. The SMILES string of the molecule is CCNc1cc2c(cn1)c(-c1ccc(CN3CCN(C)CC3)cc1)nn2C1CCC(Oc2ccccc2F)CC1. The summed E-state index contributed by atoms with van der Waals surface area (Å²) in [4.78, 5) is 9.59. The maximum Gasteiger partial charge on any atom is 0.165 e. The van der Waals surface area contributed by atoms with Gasteiger partial charge >= 0.3 is 0 Å². The number of nitrogens with zero attached hydrogens (tertiary/aromatic N) is 5. The van der Waals surface area contributed by atoms with E-state index >= 15 is 0 Å². The third-order valence-corrected chi connectivity index (χ3v) is 8.30. The van der Waals surface area contributed by atoms with E-state index in [-0.39, 0.29) is 18.0 Å². The van der Waals surface area contributed by atoms with Gasteiger partial charge in [-0.3, -0.25) is 9.58 Å². The summed E-state index contributed by atoms with van der Waals surface area (Å²) in [6, 6.07) is 17.9. The summed E-state index contributed by atoms with van der Waals surface area (Å²) in [7, 11) is 2.19. The van der Waals surface area contributed by atoms with Crippen molar-refractivity contribution in [2.24, 2.45) is 0 Å². The molecule has 7 nitrogen and oxygen atoms in total. The van der Waals surface area contributed by atoms with E-state index in [4.69, 9.17) is 9.84 Å². The number of halogens is 1. The van der Waals surface area contributed by atoms with Crippen LogP contribution in [0.3, 0.4) is 0 Å². The molecule has 1 saturated carbocycles. The summed E-state index contributed by atoms with van der Waals surface area (Å²) < 4.78 is 22.3. The van der Waals surface area contributed by atoms with E-state index in [1.807, 2.05) is 12.3 Å². The molecule has 0 spiro atoms. The summed E-state index contributed by atoms with van der Waals surface area (Å²) in [6.07, 6.45) is 5.55. The molecule has 1 aliphatic carbocycles. The van der Waals surface area contributed by atoms with Gasteiger partial charge in [-0.15, -0.1) is 0 Å². The van der Waals surface area contributed by atoms with Gasteiger partial charge in [0, 0.05) is 62.5 Å². The van der Waals surface area contributed by atoms with E-state index in [2.05, 4.69) is 69.1 Å². The first kappa shape index (κ1) is 26.7. The van der Waals surface area contributed by atoms with Crippen LogP contribution in [0.5, 0.6) is 5.75 Å². The Morgan fingerprint density at radius 3 is 2.45 bits per heavy atom. The number of anilines is 1. The Morgan fingerprint density at radius 1 is 0.975 bits per heavy atom. The zero-order chi connectivity index (χ0) is 27.5. The Kier molecular flexibility index (Phi) is 7.98. The van der Waals surface area contributed by atoms with E-state index in [0.717, 1.165) is 92.9 Å². The molecule has 4 aromatic rings. The van der Waals surface area contributed by atoms with Gasteiger partial charge < -0.3 is 15.0 Å². The summed E-state index contributed by atoms with van der Waals surface area (Å²) in [5.41, 5.74) is 4.51. The largest absolute Gasteiger partial charge is 0.487 e. The molecule has 0 radical (unpaired) electrons. The van der Waals surface area contributed by atoms with Crippen molar-refractivity contribution in [3.8, 4) is 17.0 Å². The number of para-hydroxylation sites is 1. The van der Waals surface area contributed by atoms with Crippen LogP contribution in [-0.4, -0.2) is 70.4 Å². The monoisotopic (exact) mass is 542 g/mol. The van der Waals surface area contributed by atoms with Crippen LogP contribution in [-0.2, 0) is 6.54 Å². The first-order valence-electron chi connectivity index (χ1n) is 14.6. The molecule has 3 heterocycles. The molecule has 40 heavy (non-hydrogen) atoms. The number of rotatable bonds is 8. The number of benzene rings is 2. The van der Waals surface area contributed by atoms with Crippen molar-refractivity contribution < 1.29 is 9.13 Å². The highest BCUT2D eigenvalue weighted by Crippen LogP contribution is 2.37. The molecule has 2 aromatic heterocycles. The number of fused-ring (bicyclic) bond motifs is 1. The van der Waals surface area contributed by atoms with Gasteiger partial charge in [-0.1, -0.05) is 36.4 Å². The lowest BCUT2D eigenvalue weighted by Gasteiger charge is -2.32. The molecule has 1 saturated heterocycles. The van der Waals surface area contributed by atoms with Gasteiger partial charge in [-0.05, 0) is 57.4 Å². The minimum atomic E-state index is -0.301. The summed E-state index contributed by atoms with van der Waals surface area (Å²) in [5, 5.41) is 9.61. The Bertz CT molecular complexity index is 1420. The molecule has 0 amide bonds. The minimum Gasteiger partial charge on any atom is -0.487 e. The second kappa shape index (κ2) is 11.9. The molecule has 2 aliphatic rings. The van der Waals surface area contributed by atoms with Gasteiger partial charge in [-0.2, -0.15) is 5.10 Å². The number of pyridine rings is 1. The summed E-state index contributed by atoms with van der Waals surface area (Å²) in [6.45, 7) is 8.35. The van der Waals surface area contributed by atoms with E-state index < -0.39 is 0 Å². The highest BCUT2D eigenvalue weighted by Gasteiger charge is 2.27.